The molecule has 4 nitrogen and oxygen atoms in total. The summed E-state index contributed by atoms with van der Waals surface area (Å²) in [4.78, 5) is 14.3. The Morgan fingerprint density at radius 1 is 1.25 bits per heavy atom. The Kier molecular flexibility index (Phi) is 4.13. The van der Waals surface area contributed by atoms with Gasteiger partial charge in [-0.1, -0.05) is 18.2 Å². The summed E-state index contributed by atoms with van der Waals surface area (Å²) in [5, 5.41) is 0. The molecule has 2 aromatic rings. The van der Waals surface area contributed by atoms with Crippen LogP contribution < -0.4 is 5.73 Å². The first-order valence-electron chi connectivity index (χ1n) is 6.70. The fraction of sp³-hybridized carbons (Fsp3) is 0.312. The smallest absolute Gasteiger partial charge is 0.290 e. The van der Waals surface area contributed by atoms with E-state index in [2.05, 4.69) is 0 Å². The van der Waals surface area contributed by atoms with Crippen molar-refractivity contribution in [3.05, 3.63) is 53.5 Å². The molecule has 106 valence electrons. The van der Waals surface area contributed by atoms with E-state index in [4.69, 9.17) is 10.2 Å². The fourth-order valence-electron chi connectivity index (χ4n) is 2.04. The third kappa shape index (κ3) is 3.02. The minimum absolute atomic E-state index is 0.0625. The predicted octanol–water partition coefficient (Wildman–Crippen LogP) is 3.22. The lowest BCUT2D eigenvalue weighted by molar-refractivity contribution is 0.0656. The molecule has 0 aliphatic rings. The first kappa shape index (κ1) is 14.2. The number of carbonyl (C=O) groups excluding carboxylic acids is 1. The van der Waals surface area contributed by atoms with Gasteiger partial charge in [0.05, 0.1) is 0 Å². The van der Waals surface area contributed by atoms with Crippen molar-refractivity contribution in [2.75, 3.05) is 5.73 Å². The zero-order valence-corrected chi connectivity index (χ0v) is 12.1. The summed E-state index contributed by atoms with van der Waals surface area (Å²) in [7, 11) is 0. The molecule has 0 aliphatic heterocycles. The predicted molar refractivity (Wildman–Crippen MR) is 79.3 cm³/mol. The van der Waals surface area contributed by atoms with Crippen LogP contribution in [0.1, 0.15) is 35.7 Å². The van der Waals surface area contributed by atoms with Crippen LogP contribution in [0.15, 0.2) is 40.8 Å². The Bertz CT molecular complexity index is 602. The largest absolute Gasteiger partial charge is 0.456 e. The lowest BCUT2D eigenvalue weighted by Gasteiger charge is -2.26. The molecule has 0 saturated carbocycles. The van der Waals surface area contributed by atoms with Gasteiger partial charge in [-0.25, -0.2) is 0 Å². The zero-order chi connectivity index (χ0) is 14.7. The van der Waals surface area contributed by atoms with Crippen molar-refractivity contribution in [1.82, 2.24) is 4.90 Å². The van der Waals surface area contributed by atoms with Crippen LogP contribution in [0.5, 0.6) is 0 Å². The number of para-hydroxylation sites is 1. The molecule has 20 heavy (non-hydrogen) atoms. The van der Waals surface area contributed by atoms with Crippen molar-refractivity contribution >= 4 is 11.6 Å². The average molecular weight is 272 g/mol. The molecule has 0 spiro atoms. The molecule has 0 aliphatic carbocycles. The molecule has 2 rings (SSSR count). The summed E-state index contributed by atoms with van der Waals surface area (Å²) in [5.41, 5.74) is 7.59. The molecule has 0 bridgehead atoms. The summed E-state index contributed by atoms with van der Waals surface area (Å²) in [6.45, 7) is 6.26. The zero-order valence-electron chi connectivity index (χ0n) is 12.1. The van der Waals surface area contributed by atoms with Crippen molar-refractivity contribution in [3.8, 4) is 0 Å². The first-order chi connectivity index (χ1) is 9.49. The highest BCUT2D eigenvalue weighted by atomic mass is 16.3. The van der Waals surface area contributed by atoms with Gasteiger partial charge in [0.25, 0.3) is 5.91 Å². The maximum absolute atomic E-state index is 12.5. The minimum atomic E-state index is -0.114. The summed E-state index contributed by atoms with van der Waals surface area (Å²) in [6.07, 6.45) is 0. The minimum Gasteiger partial charge on any atom is -0.456 e. The van der Waals surface area contributed by atoms with E-state index < -0.39 is 0 Å². The average Bonchev–Trinajstić information content (AvgIpc) is 2.83. The number of hydrogen-bond acceptors (Lipinski definition) is 3. The molecule has 0 saturated heterocycles. The second kappa shape index (κ2) is 5.82. The third-order valence-electron chi connectivity index (χ3n) is 3.23. The van der Waals surface area contributed by atoms with Crippen molar-refractivity contribution in [1.29, 1.82) is 0 Å². The fourth-order valence-corrected chi connectivity index (χ4v) is 2.04. The molecule has 0 fully saturated rings. The van der Waals surface area contributed by atoms with Crippen LogP contribution in [0.4, 0.5) is 5.69 Å². The summed E-state index contributed by atoms with van der Waals surface area (Å²) < 4.78 is 5.42. The topological polar surface area (TPSA) is 59.5 Å². The Morgan fingerprint density at radius 2 is 1.95 bits per heavy atom. The number of furan rings is 1. The number of nitrogen functional groups attached to an aromatic ring is 1. The summed E-state index contributed by atoms with van der Waals surface area (Å²) in [5.74, 6) is 0.985. The molecule has 1 aromatic carbocycles. The lowest BCUT2D eigenvalue weighted by Crippen LogP contribution is -2.36. The van der Waals surface area contributed by atoms with Gasteiger partial charge in [0.1, 0.15) is 5.76 Å². The van der Waals surface area contributed by atoms with Crippen LogP contribution in [0.3, 0.4) is 0 Å². The van der Waals surface area contributed by atoms with E-state index in [-0.39, 0.29) is 11.9 Å². The van der Waals surface area contributed by atoms with E-state index in [0.717, 1.165) is 11.3 Å². The van der Waals surface area contributed by atoms with Gasteiger partial charge in [0.15, 0.2) is 5.76 Å². The number of benzene rings is 1. The number of hydrogen-bond donors (Lipinski definition) is 1. The van der Waals surface area contributed by atoms with Gasteiger partial charge in [-0.2, -0.15) is 0 Å². The highest BCUT2D eigenvalue weighted by molar-refractivity contribution is 5.91. The molecule has 2 N–H and O–H groups in total. The number of rotatable bonds is 4. The molecule has 1 heterocycles. The van der Waals surface area contributed by atoms with Crippen molar-refractivity contribution in [2.24, 2.45) is 0 Å². The first-order valence-corrected chi connectivity index (χ1v) is 6.70. The second-order valence-electron chi connectivity index (χ2n) is 5.14. The summed E-state index contributed by atoms with van der Waals surface area (Å²) >= 11 is 0. The van der Waals surface area contributed by atoms with Crippen molar-refractivity contribution in [2.45, 2.75) is 33.4 Å². The van der Waals surface area contributed by atoms with E-state index in [0.29, 0.717) is 18.0 Å². The Labute approximate surface area is 119 Å². The lowest BCUT2D eigenvalue weighted by atomic mass is 10.1. The van der Waals surface area contributed by atoms with Gasteiger partial charge in [0.2, 0.25) is 0 Å². The highest BCUT2D eigenvalue weighted by Gasteiger charge is 2.22. The monoisotopic (exact) mass is 272 g/mol. The van der Waals surface area contributed by atoms with E-state index >= 15 is 0 Å². The molecular formula is C16H20N2O2. The van der Waals surface area contributed by atoms with Crippen molar-refractivity contribution in [3.63, 3.8) is 0 Å². The number of anilines is 1. The van der Waals surface area contributed by atoms with Crippen LogP contribution in [-0.4, -0.2) is 16.8 Å². The van der Waals surface area contributed by atoms with Gasteiger partial charge in [-0.15, -0.1) is 0 Å². The molecule has 0 unspecified atom stereocenters. The van der Waals surface area contributed by atoms with Gasteiger partial charge in [0, 0.05) is 18.3 Å². The molecule has 4 heteroatoms. The van der Waals surface area contributed by atoms with E-state index in [1.807, 2.05) is 45.0 Å². The molecule has 0 radical (unpaired) electrons. The normalized spacial score (nSPS) is 10.8. The van der Waals surface area contributed by atoms with Gasteiger partial charge in [-0.3, -0.25) is 4.79 Å². The number of carbonyl (C=O) groups is 1. The van der Waals surface area contributed by atoms with Crippen LogP contribution in [0, 0.1) is 6.92 Å². The van der Waals surface area contributed by atoms with Crippen LogP contribution in [0.2, 0.25) is 0 Å². The maximum atomic E-state index is 12.5. The number of aryl methyl sites for hydroxylation is 1. The van der Waals surface area contributed by atoms with Crippen molar-refractivity contribution < 1.29 is 9.21 Å². The number of nitrogens with zero attached hydrogens (tertiary/aromatic N) is 1. The Balaban J connectivity index is 2.24. The van der Waals surface area contributed by atoms with Crippen LogP contribution >= 0.6 is 0 Å². The molecular weight excluding hydrogens is 252 g/mol. The highest BCUT2D eigenvalue weighted by Crippen LogP contribution is 2.18. The van der Waals surface area contributed by atoms with E-state index in [1.165, 1.54) is 0 Å². The Morgan fingerprint density at radius 3 is 2.50 bits per heavy atom. The Hall–Kier alpha value is -2.23. The quantitative estimate of drug-likeness (QED) is 0.869. The SMILES string of the molecule is Cc1ccc(C(=O)N(Cc2ccccc2N)C(C)C)o1. The number of amides is 1. The second-order valence-corrected chi connectivity index (χ2v) is 5.14. The van der Waals surface area contributed by atoms with Gasteiger partial charge >= 0.3 is 0 Å². The number of nitrogens with two attached hydrogens (primary N) is 1. The third-order valence-corrected chi connectivity index (χ3v) is 3.23. The summed E-state index contributed by atoms with van der Waals surface area (Å²) in [6, 6.07) is 11.2. The molecule has 0 atom stereocenters. The van der Waals surface area contributed by atoms with Crippen LogP contribution in [0.25, 0.3) is 0 Å². The molecule has 1 aromatic heterocycles. The van der Waals surface area contributed by atoms with Gasteiger partial charge < -0.3 is 15.1 Å². The maximum Gasteiger partial charge on any atom is 0.290 e. The van der Waals surface area contributed by atoms with E-state index in [1.54, 1.807) is 17.0 Å². The van der Waals surface area contributed by atoms with E-state index in [9.17, 15) is 4.79 Å². The molecule has 1 amide bonds. The van der Waals surface area contributed by atoms with Gasteiger partial charge in [-0.05, 0) is 44.5 Å². The standard InChI is InChI=1S/C16H20N2O2/c1-11(2)18(10-13-6-4-5-7-14(13)17)16(19)15-9-8-12(3)20-15/h4-9,11H,10,17H2,1-3H3. The van der Waals surface area contributed by atoms with Crippen LogP contribution in [-0.2, 0) is 6.54 Å².